The van der Waals surface area contributed by atoms with E-state index in [9.17, 15) is 9.18 Å². The Morgan fingerprint density at radius 1 is 1.30 bits per heavy atom. The molecule has 122 valence electrons. The molecular formula is C18H21FN2O2. The molecule has 3 rings (SSSR count). The van der Waals surface area contributed by atoms with Gasteiger partial charge in [0.25, 0.3) is 5.91 Å². The number of carbonyl (C=O) groups excluding carboxylic acids is 1. The minimum atomic E-state index is -0.204. The van der Waals surface area contributed by atoms with Crippen LogP contribution in [0.1, 0.15) is 34.5 Å². The van der Waals surface area contributed by atoms with Gasteiger partial charge in [-0.3, -0.25) is 9.69 Å². The molecule has 0 aliphatic carbocycles. The predicted octanol–water partition coefficient (Wildman–Crippen LogP) is 3.12. The first kappa shape index (κ1) is 15.7. The minimum absolute atomic E-state index is 0.0705. The summed E-state index contributed by atoms with van der Waals surface area (Å²) in [5.74, 6) is 0.466. The molecule has 0 saturated carbocycles. The van der Waals surface area contributed by atoms with E-state index in [1.807, 2.05) is 19.1 Å². The van der Waals surface area contributed by atoms with Crippen LogP contribution < -0.4 is 5.32 Å². The highest BCUT2D eigenvalue weighted by molar-refractivity contribution is 5.94. The number of benzene rings is 1. The van der Waals surface area contributed by atoms with E-state index in [4.69, 9.17) is 4.42 Å². The molecule has 1 aromatic heterocycles. The smallest absolute Gasteiger partial charge is 0.254 e. The number of hydrogen-bond donors (Lipinski definition) is 1. The predicted molar refractivity (Wildman–Crippen MR) is 85.6 cm³/mol. The molecule has 1 saturated heterocycles. The summed E-state index contributed by atoms with van der Waals surface area (Å²) in [6.45, 7) is 4.49. The lowest BCUT2D eigenvalue weighted by Gasteiger charge is -2.32. The van der Waals surface area contributed by atoms with Crippen LogP contribution in [0.2, 0.25) is 0 Å². The molecule has 1 fully saturated rings. The second kappa shape index (κ2) is 6.96. The summed E-state index contributed by atoms with van der Waals surface area (Å²) in [4.78, 5) is 14.4. The van der Waals surface area contributed by atoms with Crippen molar-refractivity contribution in [3.8, 4) is 0 Å². The number of carbonyl (C=O) groups is 1. The number of nitrogens with zero attached hydrogens (tertiary/aromatic N) is 1. The SMILES string of the molecule is Cc1cc(C(=O)NC2CCN(Cc3ccc(F)cc3)CC2)co1. The van der Waals surface area contributed by atoms with Crippen LogP contribution in [0.4, 0.5) is 4.39 Å². The van der Waals surface area contributed by atoms with Crippen LogP contribution in [0.5, 0.6) is 0 Å². The van der Waals surface area contributed by atoms with Crippen LogP contribution in [0.3, 0.4) is 0 Å². The first-order chi connectivity index (χ1) is 11.1. The number of piperidine rings is 1. The Morgan fingerprint density at radius 2 is 2.00 bits per heavy atom. The van der Waals surface area contributed by atoms with Gasteiger partial charge < -0.3 is 9.73 Å². The zero-order valence-corrected chi connectivity index (χ0v) is 13.2. The third kappa shape index (κ3) is 4.20. The molecule has 23 heavy (non-hydrogen) atoms. The Morgan fingerprint density at radius 3 is 2.61 bits per heavy atom. The summed E-state index contributed by atoms with van der Waals surface area (Å²) < 4.78 is 18.1. The molecule has 1 amide bonds. The van der Waals surface area contributed by atoms with E-state index in [-0.39, 0.29) is 17.8 Å². The Bertz CT molecular complexity index is 658. The molecule has 5 heteroatoms. The third-order valence-electron chi connectivity index (χ3n) is 4.23. The molecule has 4 nitrogen and oxygen atoms in total. The Labute approximate surface area is 135 Å². The highest BCUT2D eigenvalue weighted by Gasteiger charge is 2.21. The summed E-state index contributed by atoms with van der Waals surface area (Å²) in [6, 6.07) is 8.58. The average Bonchev–Trinajstić information content (AvgIpc) is 2.98. The molecule has 0 atom stereocenters. The molecule has 1 aromatic carbocycles. The third-order valence-corrected chi connectivity index (χ3v) is 4.23. The van der Waals surface area contributed by atoms with Gasteiger partial charge in [0.05, 0.1) is 5.56 Å². The van der Waals surface area contributed by atoms with Crippen LogP contribution in [0.15, 0.2) is 41.0 Å². The average molecular weight is 316 g/mol. The molecule has 2 heterocycles. The van der Waals surface area contributed by atoms with Gasteiger partial charge in [-0.15, -0.1) is 0 Å². The fourth-order valence-corrected chi connectivity index (χ4v) is 2.91. The maximum Gasteiger partial charge on any atom is 0.254 e. The molecule has 0 spiro atoms. The van der Waals surface area contributed by atoms with E-state index >= 15 is 0 Å². The van der Waals surface area contributed by atoms with Crippen molar-refractivity contribution < 1.29 is 13.6 Å². The first-order valence-electron chi connectivity index (χ1n) is 7.93. The number of furan rings is 1. The van der Waals surface area contributed by atoms with Gasteiger partial charge in [-0.25, -0.2) is 4.39 Å². The van der Waals surface area contributed by atoms with Gasteiger partial charge in [0, 0.05) is 25.7 Å². The van der Waals surface area contributed by atoms with Gasteiger partial charge >= 0.3 is 0 Å². The van der Waals surface area contributed by atoms with E-state index in [1.165, 1.54) is 18.4 Å². The highest BCUT2D eigenvalue weighted by Crippen LogP contribution is 2.15. The topological polar surface area (TPSA) is 45.5 Å². The monoisotopic (exact) mass is 316 g/mol. The summed E-state index contributed by atoms with van der Waals surface area (Å²) >= 11 is 0. The molecule has 1 aliphatic rings. The standard InChI is InChI=1S/C18H21FN2O2/c1-13-10-15(12-23-13)18(22)20-17-6-8-21(9-7-17)11-14-2-4-16(19)5-3-14/h2-5,10,12,17H,6-9,11H2,1H3,(H,20,22). The number of likely N-dealkylation sites (tertiary alicyclic amines) is 1. The van der Waals surface area contributed by atoms with Gasteiger partial charge in [0.1, 0.15) is 17.8 Å². The van der Waals surface area contributed by atoms with Gasteiger partial charge in [0.15, 0.2) is 0 Å². The van der Waals surface area contributed by atoms with Gasteiger partial charge in [-0.1, -0.05) is 12.1 Å². The summed E-state index contributed by atoms with van der Waals surface area (Å²) in [5, 5.41) is 3.07. The van der Waals surface area contributed by atoms with E-state index < -0.39 is 0 Å². The van der Waals surface area contributed by atoms with E-state index in [2.05, 4.69) is 10.2 Å². The molecule has 1 N–H and O–H groups in total. The van der Waals surface area contributed by atoms with Crippen LogP contribution in [0.25, 0.3) is 0 Å². The normalized spacial score (nSPS) is 16.4. The quantitative estimate of drug-likeness (QED) is 0.942. The number of aryl methyl sites for hydroxylation is 1. The first-order valence-corrected chi connectivity index (χ1v) is 7.93. The van der Waals surface area contributed by atoms with Crippen molar-refractivity contribution in [1.29, 1.82) is 0 Å². The lowest BCUT2D eigenvalue weighted by Crippen LogP contribution is -2.44. The molecule has 0 bridgehead atoms. The highest BCUT2D eigenvalue weighted by atomic mass is 19.1. The second-order valence-corrected chi connectivity index (χ2v) is 6.10. The molecule has 2 aromatic rings. The summed E-state index contributed by atoms with van der Waals surface area (Å²) in [7, 11) is 0. The Kier molecular flexibility index (Phi) is 4.76. The minimum Gasteiger partial charge on any atom is -0.469 e. The number of nitrogens with one attached hydrogen (secondary N) is 1. The van der Waals surface area contributed by atoms with Gasteiger partial charge in [-0.2, -0.15) is 0 Å². The van der Waals surface area contributed by atoms with Gasteiger partial charge in [0.2, 0.25) is 0 Å². The van der Waals surface area contributed by atoms with Crippen LogP contribution >= 0.6 is 0 Å². The van der Waals surface area contributed by atoms with Crippen LogP contribution in [0, 0.1) is 12.7 Å². The maximum absolute atomic E-state index is 12.9. The van der Waals surface area contributed by atoms with Crippen molar-refractivity contribution in [3.63, 3.8) is 0 Å². The number of rotatable bonds is 4. The molecule has 0 radical (unpaired) electrons. The second-order valence-electron chi connectivity index (χ2n) is 6.10. The van der Waals surface area contributed by atoms with Crippen molar-refractivity contribution in [2.24, 2.45) is 0 Å². The van der Waals surface area contributed by atoms with Crippen molar-refractivity contribution >= 4 is 5.91 Å². The lowest BCUT2D eigenvalue weighted by molar-refractivity contribution is 0.0908. The number of amides is 1. The van der Waals surface area contributed by atoms with Crippen molar-refractivity contribution in [2.45, 2.75) is 32.4 Å². The number of hydrogen-bond acceptors (Lipinski definition) is 3. The molecular weight excluding hydrogens is 295 g/mol. The van der Waals surface area contributed by atoms with Crippen molar-refractivity contribution in [3.05, 3.63) is 59.3 Å². The number of halogens is 1. The van der Waals surface area contributed by atoms with Crippen LogP contribution in [-0.2, 0) is 6.54 Å². The van der Waals surface area contributed by atoms with E-state index in [0.717, 1.165) is 43.8 Å². The van der Waals surface area contributed by atoms with Gasteiger partial charge in [-0.05, 0) is 43.5 Å². The molecule has 1 aliphatic heterocycles. The zero-order chi connectivity index (χ0) is 16.2. The van der Waals surface area contributed by atoms with E-state index in [0.29, 0.717) is 5.56 Å². The zero-order valence-electron chi connectivity index (χ0n) is 13.2. The summed E-state index contributed by atoms with van der Waals surface area (Å²) in [6.07, 6.45) is 3.34. The van der Waals surface area contributed by atoms with Crippen molar-refractivity contribution in [2.75, 3.05) is 13.1 Å². The van der Waals surface area contributed by atoms with Crippen molar-refractivity contribution in [1.82, 2.24) is 10.2 Å². The van der Waals surface area contributed by atoms with Crippen LogP contribution in [-0.4, -0.2) is 29.9 Å². The Hall–Kier alpha value is -2.14. The van der Waals surface area contributed by atoms with E-state index in [1.54, 1.807) is 6.07 Å². The molecule has 0 unspecified atom stereocenters. The lowest BCUT2D eigenvalue weighted by atomic mass is 10.0. The Balaban J connectivity index is 1.46. The fraction of sp³-hybridized carbons (Fsp3) is 0.389. The summed E-state index contributed by atoms with van der Waals surface area (Å²) in [5.41, 5.74) is 1.69. The fourth-order valence-electron chi connectivity index (χ4n) is 2.91. The maximum atomic E-state index is 12.9. The largest absolute Gasteiger partial charge is 0.469 e.